The average molecular weight is 785 g/mol. The maximum atomic E-state index is 13.2. The van der Waals surface area contributed by atoms with Gasteiger partial charge in [0.05, 0.1) is 32.7 Å². The highest BCUT2D eigenvalue weighted by molar-refractivity contribution is 5.74. The zero-order valence-electron chi connectivity index (χ0n) is 36.1. The van der Waals surface area contributed by atoms with Gasteiger partial charge in [0.2, 0.25) is 0 Å². The molecule has 0 aromatic heterocycles. The van der Waals surface area contributed by atoms with Crippen molar-refractivity contribution in [3.8, 4) is 0 Å². The van der Waals surface area contributed by atoms with E-state index in [4.69, 9.17) is 38.2 Å². The first-order valence-electron chi connectivity index (χ1n) is 22.2. The molecule has 9 atom stereocenters. The maximum absolute atomic E-state index is 13.2. The van der Waals surface area contributed by atoms with Crippen LogP contribution in [0.3, 0.4) is 0 Å². The Morgan fingerprint density at radius 2 is 1.52 bits per heavy atom. The first-order valence-corrected chi connectivity index (χ1v) is 22.2. The molecule has 0 aromatic rings. The van der Waals surface area contributed by atoms with E-state index in [1.54, 1.807) is 10.5 Å². The summed E-state index contributed by atoms with van der Waals surface area (Å²) in [6, 6.07) is 0. The number of hydrogen-bond donors (Lipinski definition) is 9. The quantitative estimate of drug-likeness (QED) is 0.0224. The molecule has 320 valence electrons. The number of ether oxygens (including phenoxy) is 1. The summed E-state index contributed by atoms with van der Waals surface area (Å²) >= 11 is 0. The van der Waals surface area contributed by atoms with Crippen LogP contribution in [0.15, 0.2) is 11.6 Å². The van der Waals surface area contributed by atoms with Crippen molar-refractivity contribution >= 4 is 24.0 Å². The number of quaternary nitrogens is 1. The van der Waals surface area contributed by atoms with E-state index in [0.29, 0.717) is 31.6 Å². The first-order chi connectivity index (χ1) is 26.5. The minimum atomic E-state index is -0.328. The van der Waals surface area contributed by atoms with E-state index >= 15 is 0 Å². The van der Waals surface area contributed by atoms with Crippen LogP contribution in [-0.2, 0) is 4.74 Å². The van der Waals surface area contributed by atoms with Crippen LogP contribution < -0.4 is 33.2 Å². The minimum Gasteiger partial charge on any atom is -0.446 e. The lowest BCUT2D eigenvalue weighted by Gasteiger charge is -2.58. The van der Waals surface area contributed by atoms with Gasteiger partial charge in [0, 0.05) is 52.4 Å². The van der Waals surface area contributed by atoms with Gasteiger partial charge in [-0.1, -0.05) is 65.5 Å². The number of amides is 1. The fourth-order valence-electron chi connectivity index (χ4n) is 12.1. The Balaban J connectivity index is 1.30. The Morgan fingerprint density at radius 3 is 2.18 bits per heavy atom. The Bertz CT molecular complexity index is 1360. The second-order valence-corrected chi connectivity index (χ2v) is 19.3. The van der Waals surface area contributed by atoms with Crippen LogP contribution >= 0.6 is 0 Å². The van der Waals surface area contributed by atoms with Gasteiger partial charge in [-0.15, -0.1) is 0 Å². The summed E-state index contributed by atoms with van der Waals surface area (Å²) in [4.78, 5) is 14.9. The lowest BCUT2D eigenvalue weighted by Crippen LogP contribution is -2.55. The summed E-state index contributed by atoms with van der Waals surface area (Å²) in [6.45, 7) is 18.0. The number of nitrogens with two attached hydrogens (primary N) is 3. The maximum Gasteiger partial charge on any atom is 0.407 e. The van der Waals surface area contributed by atoms with Gasteiger partial charge >= 0.3 is 6.09 Å². The Kier molecular flexibility index (Phi) is 16.6. The molecule has 56 heavy (non-hydrogen) atoms. The third kappa shape index (κ3) is 11.9. The second-order valence-electron chi connectivity index (χ2n) is 19.3. The summed E-state index contributed by atoms with van der Waals surface area (Å²) < 4.78 is 6.85. The Labute approximate surface area is 339 Å². The van der Waals surface area contributed by atoms with Gasteiger partial charge in [-0.05, 0) is 91.3 Å². The number of carbonyl (C=O) groups excluding carboxylic acids is 1. The van der Waals surface area contributed by atoms with Gasteiger partial charge in [-0.3, -0.25) is 16.2 Å². The molecular formula is C43H82N11O2+. The zero-order valence-corrected chi connectivity index (χ0v) is 36.1. The van der Waals surface area contributed by atoms with Gasteiger partial charge in [-0.25, -0.2) is 4.79 Å². The SMILES string of the molecule is CC(C)CCCC(C)C1CCC2C3CC=C4CC(OC(=O)NCCC[N+](CCCNC(=N)N)(CCCN(C)C(=N)N)CCNC(=N)N)CCC4(C)C3CCC12C. The van der Waals surface area contributed by atoms with Gasteiger partial charge in [-0.2, -0.15) is 0 Å². The molecule has 0 bridgehead atoms. The number of nitrogens with one attached hydrogen (secondary N) is 6. The Hall–Kier alpha value is -3.22. The minimum absolute atomic E-state index is 0.0397. The molecule has 1 amide bonds. The molecular weight excluding hydrogens is 703 g/mol. The van der Waals surface area contributed by atoms with Gasteiger partial charge in [0.1, 0.15) is 6.10 Å². The lowest BCUT2D eigenvalue weighted by atomic mass is 9.47. The van der Waals surface area contributed by atoms with E-state index in [1.807, 2.05) is 7.05 Å². The van der Waals surface area contributed by atoms with E-state index in [-0.39, 0.29) is 35.5 Å². The monoisotopic (exact) mass is 785 g/mol. The second kappa shape index (κ2) is 20.5. The number of alkyl carbamates (subject to hydrolysis) is 1. The van der Waals surface area contributed by atoms with Crippen molar-refractivity contribution in [1.29, 1.82) is 16.2 Å². The van der Waals surface area contributed by atoms with Crippen molar-refractivity contribution in [3.63, 3.8) is 0 Å². The average Bonchev–Trinajstić information content (AvgIpc) is 3.49. The van der Waals surface area contributed by atoms with Crippen molar-refractivity contribution in [2.24, 2.45) is 63.5 Å². The third-order valence-corrected chi connectivity index (χ3v) is 15.2. The Morgan fingerprint density at radius 1 is 0.857 bits per heavy atom. The molecule has 13 nitrogen and oxygen atoms in total. The summed E-state index contributed by atoms with van der Waals surface area (Å²) in [6.07, 6.45) is 18.3. The van der Waals surface area contributed by atoms with E-state index in [0.717, 1.165) is 105 Å². The molecule has 4 aliphatic rings. The van der Waals surface area contributed by atoms with E-state index in [9.17, 15) is 4.79 Å². The molecule has 0 aliphatic heterocycles. The number of nitrogens with zero attached hydrogens (tertiary/aromatic N) is 2. The number of rotatable bonds is 21. The van der Waals surface area contributed by atoms with Crippen LogP contribution in [0, 0.1) is 62.6 Å². The van der Waals surface area contributed by atoms with Gasteiger partial charge < -0.3 is 47.3 Å². The molecule has 0 aromatic carbocycles. The molecule has 13 heteroatoms. The van der Waals surface area contributed by atoms with Crippen LogP contribution in [0.1, 0.15) is 125 Å². The highest BCUT2D eigenvalue weighted by Gasteiger charge is 2.59. The number of hydrogen-bond acceptors (Lipinski definition) is 5. The number of fused-ring (bicyclic) bond motifs is 5. The molecule has 9 unspecified atom stereocenters. The molecule has 0 saturated heterocycles. The molecule has 0 radical (unpaired) electrons. The van der Waals surface area contributed by atoms with Crippen molar-refractivity contribution in [3.05, 3.63) is 11.6 Å². The number of allylic oxidation sites excluding steroid dienone is 1. The summed E-state index contributed by atoms with van der Waals surface area (Å²) in [7, 11) is 1.82. The molecule has 4 rings (SSSR count). The highest BCUT2D eigenvalue weighted by Crippen LogP contribution is 2.67. The molecule has 0 heterocycles. The van der Waals surface area contributed by atoms with Crippen LogP contribution in [-0.4, -0.2) is 98.9 Å². The third-order valence-electron chi connectivity index (χ3n) is 15.2. The molecule has 0 spiro atoms. The van der Waals surface area contributed by atoms with E-state index < -0.39 is 0 Å². The van der Waals surface area contributed by atoms with Crippen molar-refractivity contribution in [2.75, 3.05) is 59.4 Å². The largest absolute Gasteiger partial charge is 0.446 e. The van der Waals surface area contributed by atoms with Crippen LogP contribution in [0.5, 0.6) is 0 Å². The topological polar surface area (TPSA) is 215 Å². The van der Waals surface area contributed by atoms with Crippen LogP contribution in [0.4, 0.5) is 4.79 Å². The predicted molar refractivity (Wildman–Crippen MR) is 229 cm³/mol. The van der Waals surface area contributed by atoms with Gasteiger partial charge in [0.15, 0.2) is 17.9 Å². The van der Waals surface area contributed by atoms with Crippen molar-refractivity contribution in [2.45, 2.75) is 131 Å². The molecule has 3 fully saturated rings. The summed E-state index contributed by atoms with van der Waals surface area (Å²) in [5.41, 5.74) is 19.1. The van der Waals surface area contributed by atoms with Crippen LogP contribution in [0.2, 0.25) is 0 Å². The van der Waals surface area contributed by atoms with Crippen molar-refractivity contribution < 1.29 is 14.0 Å². The molecule has 4 aliphatic carbocycles. The summed E-state index contributed by atoms with van der Waals surface area (Å²) in [5.74, 6) is 4.81. The summed E-state index contributed by atoms with van der Waals surface area (Å²) in [5, 5.41) is 31.9. The highest BCUT2D eigenvalue weighted by atomic mass is 16.6. The predicted octanol–water partition coefficient (Wildman–Crippen LogP) is 5.90. The van der Waals surface area contributed by atoms with E-state index in [1.165, 1.54) is 51.4 Å². The fraction of sp³-hybridized carbons (Fsp3) is 0.860. The van der Waals surface area contributed by atoms with E-state index in [2.05, 4.69) is 56.6 Å². The fourth-order valence-corrected chi connectivity index (χ4v) is 12.1. The number of carbonyl (C=O) groups is 1. The smallest absolute Gasteiger partial charge is 0.407 e. The van der Waals surface area contributed by atoms with Gasteiger partial charge in [0.25, 0.3) is 0 Å². The lowest BCUT2D eigenvalue weighted by molar-refractivity contribution is -0.927. The molecule has 3 saturated carbocycles. The number of guanidine groups is 3. The first kappa shape index (κ1) is 45.5. The molecule has 12 N–H and O–H groups in total. The standard InChI is InChI=1S/C43H81N11O2/c1-30(2)11-7-12-31(3)35-15-16-36-34-14-13-32-29-33(17-19-42(32,4)37(34)18-20-43(35,36)5)56-41(55)52-22-9-26-54(28-23-51-39(46)47,25-8-21-50-38(44)45)27-10-24-53(6)40(48)49/h13,30-31,33-37H,7-12,14-29H2,1-6H3,(H11-,44,45,46,47,48,49,50,51,52,55)/p+1. The zero-order chi connectivity index (χ0) is 41.1. The normalized spacial score (nSPS) is 29.8. The van der Waals surface area contributed by atoms with Crippen molar-refractivity contribution in [1.82, 2.24) is 20.9 Å². The van der Waals surface area contributed by atoms with Crippen LogP contribution in [0.25, 0.3) is 0 Å².